The van der Waals surface area contributed by atoms with Gasteiger partial charge >= 0.3 is 0 Å². The number of fused-ring (bicyclic) bond motifs is 1. The average molecular weight is 428 g/mol. The van der Waals surface area contributed by atoms with Crippen molar-refractivity contribution in [3.8, 4) is 11.4 Å². The van der Waals surface area contributed by atoms with Gasteiger partial charge in [0.15, 0.2) is 5.65 Å². The maximum Gasteiger partial charge on any atom is 0.229 e. The van der Waals surface area contributed by atoms with E-state index in [0.717, 1.165) is 47.7 Å². The van der Waals surface area contributed by atoms with E-state index in [1.165, 1.54) is 31.2 Å². The van der Waals surface area contributed by atoms with Crippen LogP contribution in [0.3, 0.4) is 0 Å². The van der Waals surface area contributed by atoms with Crippen LogP contribution in [-0.4, -0.2) is 37.1 Å². The largest absolute Gasteiger partial charge is 0.324 e. The van der Waals surface area contributed by atoms with Gasteiger partial charge in [0.05, 0.1) is 6.20 Å². The van der Waals surface area contributed by atoms with Gasteiger partial charge in [0.25, 0.3) is 0 Å². The summed E-state index contributed by atoms with van der Waals surface area (Å²) in [5, 5.41) is 7.06. The zero-order chi connectivity index (χ0) is 21.8. The second-order valence-electron chi connectivity index (χ2n) is 8.33. The first kappa shape index (κ1) is 20.6. The zero-order valence-electron chi connectivity index (χ0n) is 18.5. The highest BCUT2D eigenvalue weighted by atomic mass is 15.2. The van der Waals surface area contributed by atoms with E-state index in [4.69, 9.17) is 9.97 Å². The third-order valence-corrected chi connectivity index (χ3v) is 6.13. The summed E-state index contributed by atoms with van der Waals surface area (Å²) < 4.78 is 2.11. The average Bonchev–Trinajstić information content (AvgIpc) is 3.47. The van der Waals surface area contributed by atoms with Gasteiger partial charge in [-0.2, -0.15) is 4.98 Å². The first-order valence-corrected chi connectivity index (χ1v) is 11.5. The number of imidazole rings is 1. The maximum absolute atomic E-state index is 4.78. The molecule has 0 amide bonds. The van der Waals surface area contributed by atoms with E-state index in [1.807, 2.05) is 12.1 Å². The molecule has 0 spiro atoms. The Morgan fingerprint density at radius 3 is 2.72 bits per heavy atom. The minimum absolute atomic E-state index is 0.578. The fourth-order valence-corrected chi connectivity index (χ4v) is 4.48. The lowest BCUT2D eigenvalue weighted by atomic mass is 10.1. The van der Waals surface area contributed by atoms with Crippen molar-refractivity contribution in [2.75, 3.05) is 11.9 Å². The molecule has 7 nitrogen and oxygen atoms in total. The normalized spacial score (nSPS) is 14.3. The van der Waals surface area contributed by atoms with Crippen LogP contribution in [0.1, 0.15) is 38.2 Å². The zero-order valence-corrected chi connectivity index (χ0v) is 18.5. The third-order valence-electron chi connectivity index (χ3n) is 6.13. The summed E-state index contributed by atoms with van der Waals surface area (Å²) in [7, 11) is 0. The Bertz CT molecular complexity index is 1180. The summed E-state index contributed by atoms with van der Waals surface area (Å²) >= 11 is 0. The molecule has 0 atom stereocenters. The number of anilines is 2. The summed E-state index contributed by atoms with van der Waals surface area (Å²) in [6.07, 6.45) is 11.7. The quantitative estimate of drug-likeness (QED) is 0.423. The van der Waals surface area contributed by atoms with Gasteiger partial charge in [0.1, 0.15) is 11.3 Å². The van der Waals surface area contributed by atoms with Crippen molar-refractivity contribution in [2.45, 2.75) is 51.6 Å². The monoisotopic (exact) mass is 427 g/mol. The predicted molar refractivity (Wildman–Crippen MR) is 128 cm³/mol. The van der Waals surface area contributed by atoms with Gasteiger partial charge in [0.2, 0.25) is 5.95 Å². The molecule has 0 bridgehead atoms. The number of pyridine rings is 1. The SMILES string of the molecule is CCn1c(-c2ccncc2)nc2cnc(Nc3cccc(CCNC4CCCC4)c3)nc21. The highest BCUT2D eigenvalue weighted by molar-refractivity contribution is 5.77. The van der Waals surface area contributed by atoms with Crippen molar-refractivity contribution < 1.29 is 0 Å². The highest BCUT2D eigenvalue weighted by Crippen LogP contribution is 2.24. The smallest absolute Gasteiger partial charge is 0.229 e. The molecule has 2 N–H and O–H groups in total. The van der Waals surface area contributed by atoms with Gasteiger partial charge < -0.3 is 15.2 Å². The Hall–Kier alpha value is -3.32. The van der Waals surface area contributed by atoms with Gasteiger partial charge in [-0.3, -0.25) is 4.98 Å². The van der Waals surface area contributed by atoms with Crippen LogP contribution in [0.5, 0.6) is 0 Å². The second kappa shape index (κ2) is 9.44. The van der Waals surface area contributed by atoms with Gasteiger partial charge in [-0.05, 0) is 62.6 Å². The molecule has 3 aromatic heterocycles. The van der Waals surface area contributed by atoms with Crippen molar-refractivity contribution in [3.63, 3.8) is 0 Å². The summed E-state index contributed by atoms with van der Waals surface area (Å²) in [5.74, 6) is 1.46. The Morgan fingerprint density at radius 1 is 1.06 bits per heavy atom. The van der Waals surface area contributed by atoms with E-state index in [0.29, 0.717) is 12.0 Å². The standard InChI is InChI=1S/C25H29N7/c1-2-32-23(19-11-13-26-14-12-19)30-22-17-28-25(31-24(22)32)29-21-9-5-6-18(16-21)10-15-27-20-7-3-4-8-20/h5-6,9,11-14,16-17,20,27H,2-4,7-8,10,15H2,1H3,(H,28,29,31). The number of aryl methyl sites for hydroxylation is 1. The van der Waals surface area contributed by atoms with Crippen LogP contribution in [0, 0.1) is 0 Å². The second-order valence-corrected chi connectivity index (χ2v) is 8.33. The number of hydrogen-bond acceptors (Lipinski definition) is 6. The topological polar surface area (TPSA) is 80.5 Å². The molecule has 1 saturated carbocycles. The minimum Gasteiger partial charge on any atom is -0.324 e. The Labute approximate surface area is 188 Å². The molecule has 0 radical (unpaired) electrons. The summed E-state index contributed by atoms with van der Waals surface area (Å²) in [6.45, 7) is 3.89. The van der Waals surface area contributed by atoms with Crippen molar-refractivity contribution >= 4 is 22.8 Å². The molecule has 0 aliphatic heterocycles. The van der Waals surface area contributed by atoms with E-state index in [-0.39, 0.29) is 0 Å². The van der Waals surface area contributed by atoms with Crippen LogP contribution in [-0.2, 0) is 13.0 Å². The molecular weight excluding hydrogens is 398 g/mol. The molecule has 164 valence electrons. The number of rotatable bonds is 8. The first-order valence-electron chi connectivity index (χ1n) is 11.5. The number of nitrogens with one attached hydrogen (secondary N) is 2. The molecule has 1 fully saturated rings. The molecular formula is C25H29N7. The molecule has 5 rings (SSSR count). The van der Waals surface area contributed by atoms with Crippen LogP contribution >= 0.6 is 0 Å². The number of hydrogen-bond donors (Lipinski definition) is 2. The number of nitrogens with zero attached hydrogens (tertiary/aromatic N) is 5. The molecule has 1 aliphatic rings. The number of benzene rings is 1. The molecule has 32 heavy (non-hydrogen) atoms. The first-order chi connectivity index (χ1) is 15.8. The van der Waals surface area contributed by atoms with Crippen LogP contribution in [0.2, 0.25) is 0 Å². The van der Waals surface area contributed by atoms with Crippen molar-refractivity contribution in [1.29, 1.82) is 0 Å². The van der Waals surface area contributed by atoms with Crippen LogP contribution in [0.4, 0.5) is 11.6 Å². The predicted octanol–water partition coefficient (Wildman–Crippen LogP) is 4.73. The van der Waals surface area contributed by atoms with Crippen LogP contribution in [0.15, 0.2) is 55.0 Å². The molecule has 4 aromatic rings. The maximum atomic E-state index is 4.78. The lowest BCUT2D eigenvalue weighted by molar-refractivity contribution is 0.528. The fourth-order valence-electron chi connectivity index (χ4n) is 4.48. The Kier molecular flexibility index (Phi) is 6.07. The molecule has 0 unspecified atom stereocenters. The van der Waals surface area contributed by atoms with Crippen molar-refractivity contribution in [1.82, 2.24) is 29.8 Å². The van der Waals surface area contributed by atoms with E-state index in [2.05, 4.69) is 56.4 Å². The van der Waals surface area contributed by atoms with Crippen LogP contribution in [0.25, 0.3) is 22.6 Å². The van der Waals surface area contributed by atoms with Crippen molar-refractivity contribution in [3.05, 3.63) is 60.6 Å². The lowest BCUT2D eigenvalue weighted by Crippen LogP contribution is -2.27. The van der Waals surface area contributed by atoms with Gasteiger partial charge in [-0.1, -0.05) is 25.0 Å². The Morgan fingerprint density at radius 2 is 1.91 bits per heavy atom. The number of aromatic nitrogens is 5. The highest BCUT2D eigenvalue weighted by Gasteiger charge is 2.15. The minimum atomic E-state index is 0.578. The third kappa shape index (κ3) is 4.48. The fraction of sp³-hybridized carbons (Fsp3) is 0.360. The van der Waals surface area contributed by atoms with Crippen LogP contribution < -0.4 is 10.6 Å². The Balaban J connectivity index is 1.33. The molecule has 7 heteroatoms. The summed E-state index contributed by atoms with van der Waals surface area (Å²) in [4.78, 5) is 18.2. The summed E-state index contributed by atoms with van der Waals surface area (Å²) in [6, 6.07) is 13.1. The molecule has 1 aromatic carbocycles. The van der Waals surface area contributed by atoms with E-state index in [1.54, 1.807) is 18.6 Å². The van der Waals surface area contributed by atoms with E-state index in [9.17, 15) is 0 Å². The van der Waals surface area contributed by atoms with E-state index >= 15 is 0 Å². The van der Waals surface area contributed by atoms with Gasteiger partial charge in [0, 0.05) is 36.2 Å². The molecule has 0 saturated heterocycles. The van der Waals surface area contributed by atoms with Gasteiger partial charge in [-0.15, -0.1) is 0 Å². The lowest BCUT2D eigenvalue weighted by Gasteiger charge is -2.12. The van der Waals surface area contributed by atoms with Gasteiger partial charge in [-0.25, -0.2) is 9.97 Å². The molecule has 3 heterocycles. The van der Waals surface area contributed by atoms with Crippen molar-refractivity contribution in [2.24, 2.45) is 0 Å². The molecule has 1 aliphatic carbocycles. The summed E-state index contributed by atoms with van der Waals surface area (Å²) in [5.41, 5.74) is 4.94. The van der Waals surface area contributed by atoms with E-state index < -0.39 is 0 Å².